The lowest BCUT2D eigenvalue weighted by Gasteiger charge is -2.33. The van der Waals surface area contributed by atoms with Crippen LogP contribution in [0.3, 0.4) is 0 Å². The molecule has 114 valence electrons. The Morgan fingerprint density at radius 1 is 1.38 bits per heavy atom. The lowest BCUT2D eigenvalue weighted by Crippen LogP contribution is -2.42. The highest BCUT2D eigenvalue weighted by Crippen LogP contribution is 2.23. The van der Waals surface area contributed by atoms with E-state index in [4.69, 9.17) is 9.15 Å². The Balaban J connectivity index is 1.63. The Bertz CT molecular complexity index is 535. The maximum atomic E-state index is 5.85. The van der Waals surface area contributed by atoms with Gasteiger partial charge in [0.15, 0.2) is 0 Å². The van der Waals surface area contributed by atoms with E-state index in [0.29, 0.717) is 0 Å². The van der Waals surface area contributed by atoms with E-state index < -0.39 is 0 Å². The van der Waals surface area contributed by atoms with Gasteiger partial charge >= 0.3 is 0 Å². The highest BCUT2D eigenvalue weighted by molar-refractivity contribution is 7.07. The molecule has 0 aromatic carbocycles. The first kappa shape index (κ1) is 14.7. The Kier molecular flexibility index (Phi) is 5.03. The Morgan fingerprint density at radius 3 is 2.90 bits per heavy atom. The second-order valence-corrected chi connectivity index (χ2v) is 5.94. The monoisotopic (exact) mass is 307 g/mol. The summed E-state index contributed by atoms with van der Waals surface area (Å²) in [5.74, 6) is 1.99. The predicted octanol–water partition coefficient (Wildman–Crippen LogP) is 2.21. The summed E-state index contributed by atoms with van der Waals surface area (Å²) in [6.07, 6.45) is 0. The summed E-state index contributed by atoms with van der Waals surface area (Å²) in [6, 6.07) is 4.37. The van der Waals surface area contributed by atoms with Gasteiger partial charge in [0.1, 0.15) is 11.5 Å². The normalized spacial score (nSPS) is 18.0. The van der Waals surface area contributed by atoms with Crippen LogP contribution in [-0.4, -0.2) is 42.7 Å². The Labute approximate surface area is 128 Å². The molecule has 0 saturated carbocycles. The number of aromatic nitrogens is 1. The molecule has 6 heteroatoms. The summed E-state index contributed by atoms with van der Waals surface area (Å²) < 4.78 is 11.3. The van der Waals surface area contributed by atoms with Crippen molar-refractivity contribution in [2.24, 2.45) is 0 Å². The van der Waals surface area contributed by atoms with E-state index in [0.717, 1.165) is 56.6 Å². The molecule has 0 amide bonds. The van der Waals surface area contributed by atoms with E-state index in [1.165, 1.54) is 0 Å². The SMILES string of the molecule is Cc1ccc(C(CNCc2cscn2)N2CCOCC2)o1. The Hall–Kier alpha value is -1.21. The summed E-state index contributed by atoms with van der Waals surface area (Å²) >= 11 is 1.63. The van der Waals surface area contributed by atoms with Gasteiger partial charge in [0.2, 0.25) is 0 Å². The first-order valence-corrected chi connectivity index (χ1v) is 8.23. The van der Waals surface area contributed by atoms with Crippen molar-refractivity contribution in [3.63, 3.8) is 0 Å². The lowest BCUT2D eigenvalue weighted by molar-refractivity contribution is 0.0115. The van der Waals surface area contributed by atoms with Crippen LogP contribution in [0.25, 0.3) is 0 Å². The van der Waals surface area contributed by atoms with E-state index in [9.17, 15) is 0 Å². The molecule has 1 atom stereocenters. The summed E-state index contributed by atoms with van der Waals surface area (Å²) in [4.78, 5) is 6.73. The number of furan rings is 1. The molecule has 1 aliphatic rings. The van der Waals surface area contributed by atoms with E-state index >= 15 is 0 Å². The van der Waals surface area contributed by atoms with Crippen molar-refractivity contribution in [3.8, 4) is 0 Å². The van der Waals surface area contributed by atoms with Crippen molar-refractivity contribution in [1.82, 2.24) is 15.2 Å². The van der Waals surface area contributed by atoms with Crippen LogP contribution >= 0.6 is 11.3 Å². The fraction of sp³-hybridized carbons (Fsp3) is 0.533. The standard InChI is InChI=1S/C15H21N3O2S/c1-12-2-3-15(20-12)14(18-4-6-19-7-5-18)9-16-8-13-10-21-11-17-13/h2-3,10-11,14,16H,4-9H2,1H3. The number of morpholine rings is 1. The second-order valence-electron chi connectivity index (χ2n) is 5.22. The fourth-order valence-electron chi connectivity index (χ4n) is 2.59. The van der Waals surface area contributed by atoms with Crippen molar-refractivity contribution >= 4 is 11.3 Å². The fourth-order valence-corrected chi connectivity index (χ4v) is 3.15. The zero-order valence-electron chi connectivity index (χ0n) is 12.2. The average Bonchev–Trinajstić information content (AvgIpc) is 3.16. The number of hydrogen-bond donors (Lipinski definition) is 1. The topological polar surface area (TPSA) is 50.5 Å². The van der Waals surface area contributed by atoms with Gasteiger partial charge in [0.05, 0.1) is 30.5 Å². The van der Waals surface area contributed by atoms with Crippen molar-refractivity contribution in [2.75, 3.05) is 32.8 Å². The third kappa shape index (κ3) is 3.91. The van der Waals surface area contributed by atoms with Crippen LogP contribution in [-0.2, 0) is 11.3 Å². The molecular formula is C15H21N3O2S. The number of nitrogens with zero attached hydrogens (tertiary/aromatic N) is 2. The van der Waals surface area contributed by atoms with Gasteiger partial charge in [-0.1, -0.05) is 0 Å². The molecule has 1 N–H and O–H groups in total. The lowest BCUT2D eigenvalue weighted by atomic mass is 10.1. The highest BCUT2D eigenvalue weighted by Gasteiger charge is 2.24. The van der Waals surface area contributed by atoms with E-state index in [-0.39, 0.29) is 6.04 Å². The van der Waals surface area contributed by atoms with Crippen LogP contribution in [0.2, 0.25) is 0 Å². The van der Waals surface area contributed by atoms with Crippen molar-refractivity contribution in [1.29, 1.82) is 0 Å². The van der Waals surface area contributed by atoms with Gasteiger partial charge in [-0.2, -0.15) is 0 Å². The molecule has 1 saturated heterocycles. The molecule has 0 bridgehead atoms. The number of aryl methyl sites for hydroxylation is 1. The van der Waals surface area contributed by atoms with Gasteiger partial charge in [0.25, 0.3) is 0 Å². The molecule has 0 aliphatic carbocycles. The molecule has 1 aliphatic heterocycles. The third-order valence-electron chi connectivity index (χ3n) is 3.70. The smallest absolute Gasteiger partial charge is 0.122 e. The van der Waals surface area contributed by atoms with E-state index in [1.54, 1.807) is 11.3 Å². The maximum absolute atomic E-state index is 5.85. The van der Waals surface area contributed by atoms with Crippen LogP contribution < -0.4 is 5.32 Å². The minimum Gasteiger partial charge on any atom is -0.465 e. The molecule has 3 rings (SSSR count). The van der Waals surface area contributed by atoms with Gasteiger partial charge in [-0.15, -0.1) is 11.3 Å². The number of ether oxygens (including phenoxy) is 1. The summed E-state index contributed by atoms with van der Waals surface area (Å²) in [7, 11) is 0. The van der Waals surface area contributed by atoms with Crippen LogP contribution in [0, 0.1) is 6.92 Å². The third-order valence-corrected chi connectivity index (χ3v) is 4.34. The molecule has 5 nitrogen and oxygen atoms in total. The van der Waals surface area contributed by atoms with Gasteiger partial charge in [-0.3, -0.25) is 4.90 Å². The Morgan fingerprint density at radius 2 is 2.24 bits per heavy atom. The molecule has 0 spiro atoms. The molecule has 1 unspecified atom stereocenters. The predicted molar refractivity (Wildman–Crippen MR) is 82.4 cm³/mol. The van der Waals surface area contributed by atoms with Crippen molar-refractivity contribution < 1.29 is 9.15 Å². The van der Waals surface area contributed by atoms with Gasteiger partial charge in [0, 0.05) is 31.6 Å². The maximum Gasteiger partial charge on any atom is 0.122 e. The van der Waals surface area contributed by atoms with Crippen molar-refractivity contribution in [3.05, 3.63) is 40.2 Å². The van der Waals surface area contributed by atoms with Crippen LogP contribution in [0.5, 0.6) is 0 Å². The second kappa shape index (κ2) is 7.17. The number of rotatable bonds is 6. The molecular weight excluding hydrogens is 286 g/mol. The number of hydrogen-bond acceptors (Lipinski definition) is 6. The van der Waals surface area contributed by atoms with Crippen LogP contribution in [0.15, 0.2) is 27.4 Å². The first-order chi connectivity index (χ1) is 10.3. The van der Waals surface area contributed by atoms with E-state index in [2.05, 4.69) is 26.6 Å². The minimum atomic E-state index is 0.251. The zero-order chi connectivity index (χ0) is 14.5. The van der Waals surface area contributed by atoms with Crippen molar-refractivity contribution in [2.45, 2.75) is 19.5 Å². The van der Waals surface area contributed by atoms with Gasteiger partial charge in [-0.25, -0.2) is 4.98 Å². The number of thiazole rings is 1. The summed E-state index contributed by atoms with van der Waals surface area (Å²) in [5.41, 5.74) is 2.96. The largest absolute Gasteiger partial charge is 0.465 e. The minimum absolute atomic E-state index is 0.251. The zero-order valence-corrected chi connectivity index (χ0v) is 13.1. The van der Waals surface area contributed by atoms with Gasteiger partial charge < -0.3 is 14.5 Å². The summed E-state index contributed by atoms with van der Waals surface area (Å²) in [5, 5.41) is 5.57. The quantitative estimate of drug-likeness (QED) is 0.887. The molecule has 2 aromatic heterocycles. The first-order valence-electron chi connectivity index (χ1n) is 7.29. The molecule has 2 aromatic rings. The summed E-state index contributed by atoms with van der Waals surface area (Å²) in [6.45, 7) is 7.12. The average molecular weight is 307 g/mol. The number of nitrogens with one attached hydrogen (secondary N) is 1. The molecule has 3 heterocycles. The highest BCUT2D eigenvalue weighted by atomic mass is 32.1. The van der Waals surface area contributed by atoms with Gasteiger partial charge in [-0.05, 0) is 19.1 Å². The molecule has 0 radical (unpaired) electrons. The van der Waals surface area contributed by atoms with E-state index in [1.807, 2.05) is 18.5 Å². The van der Waals surface area contributed by atoms with Crippen LogP contribution in [0.1, 0.15) is 23.3 Å². The molecule has 1 fully saturated rings. The molecule has 21 heavy (non-hydrogen) atoms. The van der Waals surface area contributed by atoms with Crippen LogP contribution in [0.4, 0.5) is 0 Å².